The standard InChI is InChI=1S/C14H22BN4O2/c1-13(2,3)16-7-9-18(11(16)20)15-19-10-8-17(12(19)21)14(4,5)6/h7-10H,1-6H3/q-1/p+2. The van der Waals surface area contributed by atoms with Crippen molar-refractivity contribution >= 4 is 7.55 Å². The molecule has 0 spiro atoms. The number of nitrogens with zero attached hydrogens (tertiary/aromatic N) is 4. The predicted octanol–water partition coefficient (Wildman–Crippen LogP) is 0.716. The van der Waals surface area contributed by atoms with Crippen LogP contribution < -0.4 is 8.96 Å². The maximum Gasteiger partial charge on any atom is 0.404 e. The van der Waals surface area contributed by atoms with Gasteiger partial charge in [0.15, 0.2) is 0 Å². The van der Waals surface area contributed by atoms with Crippen molar-refractivity contribution in [2.45, 2.75) is 52.6 Å². The molecule has 0 saturated heterocycles. The molecule has 0 aromatic carbocycles. The summed E-state index contributed by atoms with van der Waals surface area (Å²) in [5.74, 6) is 0. The highest BCUT2D eigenvalue weighted by Crippen LogP contribution is 2.19. The number of hydrogen-bond donors (Lipinski definition) is 2. The van der Waals surface area contributed by atoms with Gasteiger partial charge >= 0.3 is 12.0 Å². The number of aromatic hydroxyl groups is 2. The lowest BCUT2D eigenvalue weighted by molar-refractivity contribution is -0.666. The first-order valence-corrected chi connectivity index (χ1v) is 7.00. The SMILES string of the molecule is CC(C)(C)n1cc[n+]([B-][n+]2ccn(C(C)(C)C)c2O)c1O. The van der Waals surface area contributed by atoms with Crippen LogP contribution in [0.2, 0.25) is 0 Å². The van der Waals surface area contributed by atoms with E-state index in [0.717, 1.165) is 0 Å². The Bertz CT molecular complexity index is 591. The van der Waals surface area contributed by atoms with Gasteiger partial charge in [-0.1, -0.05) is 0 Å². The first-order valence-electron chi connectivity index (χ1n) is 7.00. The molecular weight excluding hydrogens is 267 g/mol. The fourth-order valence-electron chi connectivity index (χ4n) is 2.15. The molecule has 2 aromatic heterocycles. The summed E-state index contributed by atoms with van der Waals surface area (Å²) in [4.78, 5) is 0. The van der Waals surface area contributed by atoms with E-state index in [0.29, 0.717) is 0 Å². The third-order valence-electron chi connectivity index (χ3n) is 3.34. The molecule has 0 unspecified atom stereocenters. The highest BCUT2D eigenvalue weighted by atomic mass is 16.3. The van der Waals surface area contributed by atoms with E-state index in [2.05, 4.69) is 0 Å². The number of aromatic nitrogens is 4. The molecule has 0 bridgehead atoms. The summed E-state index contributed by atoms with van der Waals surface area (Å²) < 4.78 is 6.67. The first kappa shape index (κ1) is 15.5. The third-order valence-corrected chi connectivity index (χ3v) is 3.34. The monoisotopic (exact) mass is 291 g/mol. The van der Waals surface area contributed by atoms with Crippen LogP contribution in [0.5, 0.6) is 12.0 Å². The minimum Gasteiger partial charge on any atom is -0.450 e. The van der Waals surface area contributed by atoms with E-state index in [1.165, 1.54) is 0 Å². The summed E-state index contributed by atoms with van der Waals surface area (Å²) in [5, 5.41) is 20.6. The summed E-state index contributed by atoms with van der Waals surface area (Å²) in [6.07, 6.45) is 7.12. The minimum absolute atomic E-state index is 0.109. The van der Waals surface area contributed by atoms with Crippen molar-refractivity contribution in [1.82, 2.24) is 9.13 Å². The lowest BCUT2D eigenvalue weighted by atomic mass is 10.1. The number of imidazole rings is 2. The van der Waals surface area contributed by atoms with E-state index in [4.69, 9.17) is 0 Å². The van der Waals surface area contributed by atoms with Crippen LogP contribution >= 0.6 is 0 Å². The van der Waals surface area contributed by atoms with Crippen LogP contribution in [-0.2, 0) is 11.1 Å². The summed E-state index contributed by atoms with van der Waals surface area (Å²) in [5.41, 5.74) is -0.430. The lowest BCUT2D eigenvalue weighted by Gasteiger charge is -2.17. The summed E-state index contributed by atoms with van der Waals surface area (Å²) in [6, 6.07) is 0.218. The topological polar surface area (TPSA) is 58.1 Å². The molecule has 0 fully saturated rings. The lowest BCUT2D eigenvalue weighted by Crippen LogP contribution is -2.57. The van der Waals surface area contributed by atoms with Crippen LogP contribution in [0.15, 0.2) is 24.8 Å². The zero-order chi connectivity index (χ0) is 16.0. The summed E-state index contributed by atoms with van der Waals surface area (Å²) in [6.45, 7) is 12.1. The fraction of sp³-hybridized carbons (Fsp3) is 0.571. The van der Waals surface area contributed by atoms with Gasteiger partial charge in [0, 0.05) is 0 Å². The van der Waals surface area contributed by atoms with E-state index in [9.17, 15) is 10.2 Å². The molecule has 0 amide bonds. The highest BCUT2D eigenvalue weighted by molar-refractivity contribution is 6.12. The summed E-state index contributed by atoms with van der Waals surface area (Å²) in [7, 11) is 1.63. The molecule has 0 aliphatic rings. The second kappa shape index (κ2) is 4.82. The van der Waals surface area contributed by atoms with Crippen LogP contribution in [0.3, 0.4) is 0 Å². The molecule has 0 saturated carbocycles. The van der Waals surface area contributed by atoms with Crippen molar-refractivity contribution in [3.63, 3.8) is 0 Å². The Kier molecular flexibility index (Phi) is 3.55. The molecule has 2 heterocycles. The van der Waals surface area contributed by atoms with Gasteiger partial charge in [0.05, 0.1) is 12.4 Å². The molecule has 0 aliphatic carbocycles. The quantitative estimate of drug-likeness (QED) is 0.801. The largest absolute Gasteiger partial charge is 0.450 e. The molecule has 2 radical (unpaired) electrons. The Labute approximate surface area is 126 Å². The molecule has 0 atom stereocenters. The molecule has 21 heavy (non-hydrogen) atoms. The Morgan fingerprint density at radius 2 is 1.14 bits per heavy atom. The van der Waals surface area contributed by atoms with Crippen molar-refractivity contribution in [1.29, 1.82) is 0 Å². The molecular formula is C14H24BN4O2+. The van der Waals surface area contributed by atoms with Crippen LogP contribution in [-0.4, -0.2) is 26.9 Å². The van der Waals surface area contributed by atoms with Crippen molar-refractivity contribution in [3.8, 4) is 12.0 Å². The first-order chi connectivity index (χ1) is 9.51. The zero-order valence-corrected chi connectivity index (χ0v) is 13.6. The maximum absolute atomic E-state index is 10.3. The Balaban J connectivity index is 2.32. The minimum atomic E-state index is -0.215. The van der Waals surface area contributed by atoms with Crippen LogP contribution in [0.4, 0.5) is 0 Å². The van der Waals surface area contributed by atoms with Crippen LogP contribution in [0.25, 0.3) is 0 Å². The Hall–Kier alpha value is -1.92. The molecule has 2 aromatic rings. The number of rotatable bonds is 2. The molecule has 2 N–H and O–H groups in total. The Morgan fingerprint density at radius 3 is 1.38 bits per heavy atom. The van der Waals surface area contributed by atoms with Crippen molar-refractivity contribution < 1.29 is 19.2 Å². The predicted molar refractivity (Wildman–Crippen MR) is 79.1 cm³/mol. The molecule has 6 nitrogen and oxygen atoms in total. The normalized spacial score (nSPS) is 12.9. The van der Waals surface area contributed by atoms with E-state index in [-0.39, 0.29) is 23.1 Å². The van der Waals surface area contributed by atoms with E-state index >= 15 is 0 Å². The smallest absolute Gasteiger partial charge is 0.404 e. The van der Waals surface area contributed by atoms with Crippen molar-refractivity contribution in [2.75, 3.05) is 0 Å². The van der Waals surface area contributed by atoms with Gasteiger partial charge in [0.1, 0.15) is 23.5 Å². The second-order valence-corrected chi connectivity index (χ2v) is 7.21. The van der Waals surface area contributed by atoms with E-state index in [1.54, 1.807) is 38.0 Å². The maximum atomic E-state index is 10.3. The zero-order valence-electron chi connectivity index (χ0n) is 13.6. The molecule has 0 aliphatic heterocycles. The van der Waals surface area contributed by atoms with Gasteiger partial charge in [-0.25, -0.2) is 0 Å². The average molecular weight is 291 g/mol. The van der Waals surface area contributed by atoms with Crippen LogP contribution in [0.1, 0.15) is 41.5 Å². The van der Waals surface area contributed by atoms with Gasteiger partial charge in [-0.15, -0.1) is 0 Å². The Morgan fingerprint density at radius 1 is 0.810 bits per heavy atom. The average Bonchev–Trinajstić information content (AvgIpc) is 2.83. The summed E-state index contributed by atoms with van der Waals surface area (Å²) >= 11 is 0. The van der Waals surface area contributed by atoms with Crippen molar-refractivity contribution in [2.24, 2.45) is 0 Å². The van der Waals surface area contributed by atoms with Gasteiger partial charge in [0.25, 0.3) is 0 Å². The van der Waals surface area contributed by atoms with Gasteiger partial charge in [-0.3, -0.25) is 0 Å². The highest BCUT2D eigenvalue weighted by Gasteiger charge is 2.26. The molecule has 7 heteroatoms. The molecule has 114 valence electrons. The van der Waals surface area contributed by atoms with Gasteiger partial charge in [-0.05, 0) is 41.5 Å². The third kappa shape index (κ3) is 2.91. The van der Waals surface area contributed by atoms with Gasteiger partial charge in [0.2, 0.25) is 7.55 Å². The second-order valence-electron chi connectivity index (χ2n) is 7.21. The van der Waals surface area contributed by atoms with E-state index < -0.39 is 0 Å². The van der Waals surface area contributed by atoms with Crippen molar-refractivity contribution in [3.05, 3.63) is 24.8 Å². The van der Waals surface area contributed by atoms with Crippen LogP contribution in [0, 0.1) is 0 Å². The fourth-order valence-corrected chi connectivity index (χ4v) is 2.15. The molecule has 2 rings (SSSR count). The van der Waals surface area contributed by atoms with E-state index in [1.807, 2.05) is 53.9 Å². The van der Waals surface area contributed by atoms with Gasteiger partial charge < -0.3 is 19.2 Å². The van der Waals surface area contributed by atoms with Gasteiger partial charge in [-0.2, -0.15) is 9.13 Å². The number of hydrogen-bond acceptors (Lipinski definition) is 2.